The standard InChI is InChI=1S/C10H7BrF3N3/c11-6-2-1-3-7(4-6)17-9(15)5-8(16-17)10(12,13)14/h1-5H,15H2. The van der Waals surface area contributed by atoms with E-state index in [1.165, 1.54) is 0 Å². The van der Waals surface area contributed by atoms with E-state index < -0.39 is 11.9 Å². The molecule has 90 valence electrons. The maximum atomic E-state index is 12.4. The van der Waals surface area contributed by atoms with Crippen molar-refractivity contribution in [2.75, 3.05) is 5.73 Å². The van der Waals surface area contributed by atoms with Crippen LogP contribution in [0, 0.1) is 0 Å². The minimum atomic E-state index is -4.49. The number of halogens is 4. The van der Waals surface area contributed by atoms with Crippen LogP contribution in [0.15, 0.2) is 34.8 Å². The van der Waals surface area contributed by atoms with Crippen LogP contribution < -0.4 is 5.73 Å². The number of nitrogen functional groups attached to an aromatic ring is 1. The van der Waals surface area contributed by atoms with Crippen LogP contribution in [-0.4, -0.2) is 9.78 Å². The van der Waals surface area contributed by atoms with Gasteiger partial charge in [-0.2, -0.15) is 18.3 Å². The molecule has 0 aliphatic rings. The van der Waals surface area contributed by atoms with Crippen LogP contribution >= 0.6 is 15.9 Å². The summed E-state index contributed by atoms with van der Waals surface area (Å²) in [6.45, 7) is 0. The fraction of sp³-hybridized carbons (Fsp3) is 0.100. The fourth-order valence-electron chi connectivity index (χ4n) is 1.35. The molecule has 0 amide bonds. The average molecular weight is 306 g/mol. The number of alkyl halides is 3. The maximum absolute atomic E-state index is 12.4. The second-order valence-corrected chi connectivity index (χ2v) is 4.26. The molecule has 0 bridgehead atoms. The second-order valence-electron chi connectivity index (χ2n) is 3.34. The zero-order valence-electron chi connectivity index (χ0n) is 8.37. The van der Waals surface area contributed by atoms with Crippen molar-refractivity contribution < 1.29 is 13.2 Å². The van der Waals surface area contributed by atoms with E-state index in [2.05, 4.69) is 21.0 Å². The van der Waals surface area contributed by atoms with E-state index >= 15 is 0 Å². The Bertz CT molecular complexity index is 548. The number of nitrogens with two attached hydrogens (primary N) is 1. The molecule has 1 aromatic carbocycles. The summed E-state index contributed by atoms with van der Waals surface area (Å²) in [6.07, 6.45) is -4.49. The summed E-state index contributed by atoms with van der Waals surface area (Å²) in [5, 5.41) is 3.44. The van der Waals surface area contributed by atoms with Crippen molar-refractivity contribution in [2.24, 2.45) is 0 Å². The quantitative estimate of drug-likeness (QED) is 0.879. The van der Waals surface area contributed by atoms with Gasteiger partial charge >= 0.3 is 6.18 Å². The Labute approximate surface area is 103 Å². The number of anilines is 1. The van der Waals surface area contributed by atoms with Crippen LogP contribution in [0.25, 0.3) is 5.69 Å². The van der Waals surface area contributed by atoms with Gasteiger partial charge in [-0.3, -0.25) is 0 Å². The summed E-state index contributed by atoms with van der Waals surface area (Å²) >= 11 is 3.23. The molecular weight excluding hydrogens is 299 g/mol. The van der Waals surface area contributed by atoms with Crippen molar-refractivity contribution in [1.82, 2.24) is 9.78 Å². The molecule has 0 fully saturated rings. The molecule has 3 nitrogen and oxygen atoms in total. The average Bonchev–Trinajstić information content (AvgIpc) is 2.60. The number of hydrogen-bond donors (Lipinski definition) is 1. The van der Waals surface area contributed by atoms with Gasteiger partial charge in [-0.25, -0.2) is 4.68 Å². The first-order valence-corrected chi connectivity index (χ1v) is 5.36. The number of nitrogens with zero attached hydrogens (tertiary/aromatic N) is 2. The predicted molar refractivity (Wildman–Crippen MR) is 60.7 cm³/mol. The molecule has 0 unspecified atom stereocenters. The third-order valence-electron chi connectivity index (χ3n) is 2.08. The maximum Gasteiger partial charge on any atom is 0.435 e. The second kappa shape index (κ2) is 4.06. The Balaban J connectivity index is 2.50. The lowest BCUT2D eigenvalue weighted by Gasteiger charge is -2.04. The lowest BCUT2D eigenvalue weighted by atomic mass is 10.3. The molecule has 0 radical (unpaired) electrons. The Morgan fingerprint density at radius 2 is 1.94 bits per heavy atom. The molecule has 2 N–H and O–H groups in total. The third-order valence-corrected chi connectivity index (χ3v) is 2.57. The van der Waals surface area contributed by atoms with Crippen molar-refractivity contribution in [3.05, 3.63) is 40.5 Å². The van der Waals surface area contributed by atoms with E-state index in [1.807, 2.05) is 0 Å². The van der Waals surface area contributed by atoms with Crippen molar-refractivity contribution in [3.63, 3.8) is 0 Å². The molecule has 1 heterocycles. The van der Waals surface area contributed by atoms with E-state index in [1.54, 1.807) is 24.3 Å². The van der Waals surface area contributed by atoms with Crippen molar-refractivity contribution >= 4 is 21.7 Å². The van der Waals surface area contributed by atoms with Gasteiger partial charge in [0.25, 0.3) is 0 Å². The smallest absolute Gasteiger partial charge is 0.384 e. The molecule has 0 spiro atoms. The highest BCUT2D eigenvalue weighted by Gasteiger charge is 2.34. The van der Waals surface area contributed by atoms with Crippen LogP contribution in [0.1, 0.15) is 5.69 Å². The lowest BCUT2D eigenvalue weighted by molar-refractivity contribution is -0.141. The molecule has 0 atom stereocenters. The van der Waals surface area contributed by atoms with E-state index in [-0.39, 0.29) is 5.82 Å². The van der Waals surface area contributed by atoms with Crippen LogP contribution in [0.5, 0.6) is 0 Å². The number of hydrogen-bond acceptors (Lipinski definition) is 2. The highest BCUT2D eigenvalue weighted by Crippen LogP contribution is 2.30. The largest absolute Gasteiger partial charge is 0.435 e. The third kappa shape index (κ3) is 2.44. The minimum Gasteiger partial charge on any atom is -0.384 e. The van der Waals surface area contributed by atoms with Crippen LogP contribution in [0.3, 0.4) is 0 Å². The number of rotatable bonds is 1. The first-order valence-electron chi connectivity index (χ1n) is 4.56. The Hall–Kier alpha value is -1.50. The van der Waals surface area contributed by atoms with E-state index in [9.17, 15) is 13.2 Å². The molecule has 0 aliphatic carbocycles. The topological polar surface area (TPSA) is 43.8 Å². The monoisotopic (exact) mass is 305 g/mol. The van der Waals surface area contributed by atoms with Gasteiger partial charge in [0.05, 0.1) is 5.69 Å². The molecule has 0 aliphatic heterocycles. The summed E-state index contributed by atoms with van der Waals surface area (Å²) in [7, 11) is 0. The van der Waals surface area contributed by atoms with Crippen molar-refractivity contribution in [1.29, 1.82) is 0 Å². The van der Waals surface area contributed by atoms with Gasteiger partial charge in [0.2, 0.25) is 0 Å². The molecule has 2 aromatic rings. The van der Waals surface area contributed by atoms with E-state index in [4.69, 9.17) is 5.73 Å². The van der Waals surface area contributed by atoms with E-state index in [0.717, 1.165) is 15.2 Å². The van der Waals surface area contributed by atoms with Gasteiger partial charge < -0.3 is 5.73 Å². The summed E-state index contributed by atoms with van der Waals surface area (Å²) < 4.78 is 39.1. The Morgan fingerprint density at radius 1 is 1.24 bits per heavy atom. The first kappa shape index (κ1) is 12.0. The predicted octanol–water partition coefficient (Wildman–Crippen LogP) is 3.24. The zero-order chi connectivity index (χ0) is 12.6. The summed E-state index contributed by atoms with van der Waals surface area (Å²) in [5.74, 6) is -0.0598. The molecule has 7 heteroatoms. The molecular formula is C10H7BrF3N3. The van der Waals surface area contributed by atoms with Crippen LogP contribution in [0.2, 0.25) is 0 Å². The molecule has 17 heavy (non-hydrogen) atoms. The highest BCUT2D eigenvalue weighted by atomic mass is 79.9. The van der Waals surface area contributed by atoms with Gasteiger partial charge in [0.15, 0.2) is 5.69 Å². The minimum absolute atomic E-state index is 0.0598. The first-order chi connectivity index (χ1) is 7.88. The van der Waals surface area contributed by atoms with Crippen LogP contribution in [-0.2, 0) is 6.18 Å². The van der Waals surface area contributed by atoms with Gasteiger partial charge in [-0.05, 0) is 18.2 Å². The Morgan fingerprint density at radius 3 is 2.47 bits per heavy atom. The van der Waals surface area contributed by atoms with Gasteiger partial charge in [0, 0.05) is 10.5 Å². The molecule has 0 saturated heterocycles. The van der Waals surface area contributed by atoms with Gasteiger partial charge in [-0.1, -0.05) is 22.0 Å². The number of aromatic nitrogens is 2. The van der Waals surface area contributed by atoms with E-state index in [0.29, 0.717) is 5.69 Å². The summed E-state index contributed by atoms with van der Waals surface area (Å²) in [5.41, 5.74) is 4.97. The summed E-state index contributed by atoms with van der Waals surface area (Å²) in [6, 6.07) is 7.50. The summed E-state index contributed by atoms with van der Waals surface area (Å²) in [4.78, 5) is 0. The molecule has 1 aromatic heterocycles. The SMILES string of the molecule is Nc1cc(C(F)(F)F)nn1-c1cccc(Br)c1. The van der Waals surface area contributed by atoms with Gasteiger partial charge in [0.1, 0.15) is 5.82 Å². The van der Waals surface area contributed by atoms with Crippen molar-refractivity contribution in [2.45, 2.75) is 6.18 Å². The van der Waals surface area contributed by atoms with Gasteiger partial charge in [-0.15, -0.1) is 0 Å². The van der Waals surface area contributed by atoms with Crippen molar-refractivity contribution in [3.8, 4) is 5.69 Å². The number of benzene rings is 1. The van der Waals surface area contributed by atoms with Crippen LogP contribution in [0.4, 0.5) is 19.0 Å². The fourth-order valence-corrected chi connectivity index (χ4v) is 1.74. The Kier molecular flexibility index (Phi) is 2.86. The molecule has 2 rings (SSSR count). The normalized spacial score (nSPS) is 11.8. The molecule has 0 saturated carbocycles. The lowest BCUT2D eigenvalue weighted by Crippen LogP contribution is -2.07. The highest BCUT2D eigenvalue weighted by molar-refractivity contribution is 9.10. The zero-order valence-corrected chi connectivity index (χ0v) is 9.96.